The number of hydrogen-bond acceptors (Lipinski definition) is 3. The molecule has 9 aromatic rings. The number of nitrogens with zero attached hydrogens (tertiary/aromatic N) is 4. The highest BCUT2D eigenvalue weighted by atomic mass is 15.0. The zero-order valence-corrected chi connectivity index (χ0v) is 29.8. The van der Waals surface area contributed by atoms with Crippen molar-refractivity contribution < 1.29 is 0 Å². The van der Waals surface area contributed by atoms with Gasteiger partial charge in [0.1, 0.15) is 0 Å². The summed E-state index contributed by atoms with van der Waals surface area (Å²) in [6.07, 6.45) is 0. The van der Waals surface area contributed by atoms with Gasteiger partial charge in [-0.05, 0) is 61.3 Å². The van der Waals surface area contributed by atoms with E-state index in [1.165, 1.54) is 5.56 Å². The highest BCUT2D eigenvalue weighted by molar-refractivity contribution is 5.97. The number of rotatable bonds is 6. The zero-order chi connectivity index (χ0) is 36.8. The van der Waals surface area contributed by atoms with Crippen molar-refractivity contribution in [3.05, 3.63) is 228 Å². The van der Waals surface area contributed by atoms with Crippen LogP contribution in [0.5, 0.6) is 0 Å². The predicted octanol–water partition coefficient (Wildman–Crippen LogP) is 12.6. The Balaban J connectivity index is 1.20. The molecule has 8 aromatic carbocycles. The molecule has 0 aliphatic heterocycles. The third kappa shape index (κ3) is 5.25. The Kier molecular flexibility index (Phi) is 7.71. The monoisotopic (exact) mass is 700 g/mol. The normalized spacial score (nSPS) is 12.5. The highest BCUT2D eigenvalue weighted by Crippen LogP contribution is 2.59. The van der Waals surface area contributed by atoms with Crippen LogP contribution in [0.1, 0.15) is 22.3 Å². The Labute approximate surface area is 319 Å². The maximum absolute atomic E-state index is 7.98. The molecule has 1 aliphatic rings. The van der Waals surface area contributed by atoms with E-state index < -0.39 is 5.41 Å². The zero-order valence-electron chi connectivity index (χ0n) is 29.8. The summed E-state index contributed by atoms with van der Waals surface area (Å²) >= 11 is 0. The van der Waals surface area contributed by atoms with E-state index in [1.807, 2.05) is 36.4 Å². The molecular formula is C51H32N4. The molecule has 1 heterocycles. The first-order valence-electron chi connectivity index (χ1n) is 18.4. The highest BCUT2D eigenvalue weighted by Gasteiger charge is 2.46. The van der Waals surface area contributed by atoms with E-state index >= 15 is 0 Å². The summed E-state index contributed by atoms with van der Waals surface area (Å²) in [7, 11) is 0. The molecule has 10 rings (SSSR count). The lowest BCUT2D eigenvalue weighted by Gasteiger charge is -2.34. The SMILES string of the molecule is [C-]#[N+]c1ccc2c(c1)C(c1ccccc1)(c1ccccc1)c1cccc(-c3cccc(-c4nc(-c5ccccc5)nc(-c5cccc6ccccc56)n4)c3)c1-2. The standard InChI is InChI=1S/C51H32N4/c1-52-40-30-31-44-46(33-40)51(38-22-7-3-8-23-38,39-24-9-4-10-25-39)45-29-15-27-42(47(44)45)36-20-13-21-37(32-36)49-53-48(35-17-5-2-6-18-35)54-50(55-49)43-28-14-19-34-16-11-12-26-41(34)43/h2-33H. The molecule has 0 saturated carbocycles. The van der Waals surface area contributed by atoms with E-state index in [0.29, 0.717) is 23.2 Å². The fraction of sp³-hybridized carbons (Fsp3) is 0.0196. The summed E-state index contributed by atoms with van der Waals surface area (Å²) in [5.41, 5.74) is 11.9. The number of aromatic nitrogens is 3. The Morgan fingerprint density at radius 2 is 0.964 bits per heavy atom. The molecule has 1 aliphatic carbocycles. The van der Waals surface area contributed by atoms with Crippen molar-refractivity contribution in [2.45, 2.75) is 5.41 Å². The molecule has 0 fully saturated rings. The molecule has 0 radical (unpaired) electrons. The molecule has 0 N–H and O–H groups in total. The third-order valence-electron chi connectivity index (χ3n) is 10.8. The van der Waals surface area contributed by atoms with Crippen molar-refractivity contribution in [1.29, 1.82) is 0 Å². The smallest absolute Gasteiger partial charge is 0.187 e. The summed E-state index contributed by atoms with van der Waals surface area (Å²) < 4.78 is 0. The largest absolute Gasteiger partial charge is 0.238 e. The molecule has 0 bridgehead atoms. The van der Waals surface area contributed by atoms with Crippen LogP contribution in [0.15, 0.2) is 194 Å². The van der Waals surface area contributed by atoms with Crippen LogP contribution in [0.2, 0.25) is 0 Å². The van der Waals surface area contributed by atoms with Crippen molar-refractivity contribution >= 4 is 16.5 Å². The van der Waals surface area contributed by atoms with Crippen molar-refractivity contribution in [2.75, 3.05) is 0 Å². The lowest BCUT2D eigenvalue weighted by atomic mass is 9.67. The second-order valence-electron chi connectivity index (χ2n) is 13.8. The number of benzene rings is 8. The Bertz CT molecular complexity index is 2890. The van der Waals surface area contributed by atoms with Crippen LogP contribution in [0.25, 0.3) is 72.0 Å². The van der Waals surface area contributed by atoms with Gasteiger partial charge in [-0.15, -0.1) is 0 Å². The van der Waals surface area contributed by atoms with E-state index in [9.17, 15) is 0 Å². The third-order valence-corrected chi connectivity index (χ3v) is 10.8. The maximum atomic E-state index is 7.98. The van der Waals surface area contributed by atoms with Gasteiger partial charge in [0.25, 0.3) is 0 Å². The Morgan fingerprint density at radius 3 is 1.71 bits per heavy atom. The number of hydrogen-bond donors (Lipinski definition) is 0. The van der Waals surface area contributed by atoms with Gasteiger partial charge in [-0.3, -0.25) is 0 Å². The van der Waals surface area contributed by atoms with Crippen LogP contribution < -0.4 is 0 Å². The second-order valence-corrected chi connectivity index (χ2v) is 13.8. The maximum Gasteiger partial charge on any atom is 0.187 e. The van der Waals surface area contributed by atoms with Gasteiger partial charge in [-0.2, -0.15) is 0 Å². The first-order chi connectivity index (χ1) is 27.2. The quantitative estimate of drug-likeness (QED) is 0.162. The molecule has 0 amide bonds. The van der Waals surface area contributed by atoms with Gasteiger partial charge in [0.05, 0.1) is 12.0 Å². The fourth-order valence-corrected chi connectivity index (χ4v) is 8.42. The van der Waals surface area contributed by atoms with Gasteiger partial charge in [-0.1, -0.05) is 188 Å². The minimum absolute atomic E-state index is 0.608. The van der Waals surface area contributed by atoms with E-state index in [4.69, 9.17) is 21.5 Å². The first kappa shape index (κ1) is 32.2. The van der Waals surface area contributed by atoms with Crippen LogP contribution in [0, 0.1) is 6.57 Å². The van der Waals surface area contributed by atoms with Crippen LogP contribution in [-0.4, -0.2) is 15.0 Å². The summed E-state index contributed by atoms with van der Waals surface area (Å²) in [5, 5.41) is 2.23. The predicted molar refractivity (Wildman–Crippen MR) is 223 cm³/mol. The van der Waals surface area contributed by atoms with Gasteiger partial charge in [0, 0.05) is 16.7 Å². The summed E-state index contributed by atoms with van der Waals surface area (Å²) in [6.45, 7) is 7.98. The molecule has 256 valence electrons. The minimum Gasteiger partial charge on any atom is -0.238 e. The first-order valence-corrected chi connectivity index (χ1v) is 18.4. The van der Waals surface area contributed by atoms with Gasteiger partial charge < -0.3 is 0 Å². The van der Waals surface area contributed by atoms with E-state index in [1.54, 1.807) is 0 Å². The van der Waals surface area contributed by atoms with Crippen molar-refractivity contribution in [2.24, 2.45) is 0 Å². The summed E-state index contributed by atoms with van der Waals surface area (Å²) in [6, 6.07) is 67.4. The van der Waals surface area contributed by atoms with Gasteiger partial charge in [0.15, 0.2) is 23.2 Å². The summed E-state index contributed by atoms with van der Waals surface area (Å²) in [4.78, 5) is 19.2. The molecule has 0 spiro atoms. The Morgan fingerprint density at radius 1 is 0.400 bits per heavy atom. The van der Waals surface area contributed by atoms with Gasteiger partial charge in [-0.25, -0.2) is 19.8 Å². The molecule has 0 unspecified atom stereocenters. The lowest BCUT2D eigenvalue weighted by Crippen LogP contribution is -2.28. The van der Waals surface area contributed by atoms with Crippen molar-refractivity contribution in [3.8, 4) is 56.4 Å². The van der Waals surface area contributed by atoms with Crippen LogP contribution in [0.3, 0.4) is 0 Å². The lowest BCUT2D eigenvalue weighted by molar-refractivity contribution is 0.769. The average Bonchev–Trinajstić information content (AvgIpc) is 3.57. The fourth-order valence-electron chi connectivity index (χ4n) is 8.42. The molecule has 4 heteroatoms. The topological polar surface area (TPSA) is 43.0 Å². The van der Waals surface area contributed by atoms with Crippen LogP contribution >= 0.6 is 0 Å². The van der Waals surface area contributed by atoms with E-state index in [-0.39, 0.29) is 0 Å². The van der Waals surface area contributed by atoms with E-state index in [2.05, 4.69) is 163 Å². The molecule has 55 heavy (non-hydrogen) atoms. The molecule has 1 aromatic heterocycles. The summed E-state index contributed by atoms with van der Waals surface area (Å²) in [5.74, 6) is 1.86. The minimum atomic E-state index is -0.617. The molecule has 0 atom stereocenters. The van der Waals surface area contributed by atoms with Crippen LogP contribution in [-0.2, 0) is 5.41 Å². The van der Waals surface area contributed by atoms with Crippen LogP contribution in [0.4, 0.5) is 5.69 Å². The van der Waals surface area contributed by atoms with E-state index in [0.717, 1.165) is 66.4 Å². The van der Waals surface area contributed by atoms with Gasteiger partial charge in [0.2, 0.25) is 0 Å². The molecule has 0 saturated heterocycles. The molecular weight excluding hydrogens is 669 g/mol. The Hall–Kier alpha value is -7.48. The number of fused-ring (bicyclic) bond motifs is 4. The van der Waals surface area contributed by atoms with Gasteiger partial charge >= 0.3 is 0 Å². The van der Waals surface area contributed by atoms with Crippen molar-refractivity contribution in [3.63, 3.8) is 0 Å². The average molecular weight is 701 g/mol. The second kappa shape index (κ2) is 13.2. The van der Waals surface area contributed by atoms with Crippen molar-refractivity contribution in [1.82, 2.24) is 15.0 Å². The molecule has 4 nitrogen and oxygen atoms in total.